The molecule has 4 heteroatoms. The van der Waals surface area contributed by atoms with Crippen molar-refractivity contribution in [2.24, 2.45) is 5.92 Å². The minimum Gasteiger partial charge on any atom is -0.397 e. The zero-order valence-corrected chi connectivity index (χ0v) is 10.1. The van der Waals surface area contributed by atoms with Crippen LogP contribution in [0.4, 0.5) is 11.4 Å². The maximum absolute atomic E-state index is 9.08. The second-order valence-corrected chi connectivity index (χ2v) is 4.90. The maximum atomic E-state index is 9.08. The standard InChI is InChI=1S/C11H15BrN2O/c12-9-1-2-11(10(13)5-9)14-4-3-8(6-14)7-15/h1-2,5,8,15H,3-4,6-7,13H2. The number of nitrogen functional groups attached to an aromatic ring is 1. The molecule has 15 heavy (non-hydrogen) atoms. The number of nitrogens with two attached hydrogens (primary N) is 1. The predicted molar refractivity (Wildman–Crippen MR) is 66.0 cm³/mol. The largest absolute Gasteiger partial charge is 0.397 e. The molecular formula is C11H15BrN2O. The topological polar surface area (TPSA) is 49.5 Å². The molecule has 82 valence electrons. The molecule has 1 atom stereocenters. The van der Waals surface area contributed by atoms with Crippen molar-refractivity contribution in [3.63, 3.8) is 0 Å². The van der Waals surface area contributed by atoms with Crippen molar-refractivity contribution < 1.29 is 5.11 Å². The Kier molecular flexibility index (Phi) is 3.17. The van der Waals surface area contributed by atoms with Crippen LogP contribution in [0.3, 0.4) is 0 Å². The van der Waals surface area contributed by atoms with Crippen molar-refractivity contribution in [2.75, 3.05) is 30.3 Å². The number of hydrogen-bond acceptors (Lipinski definition) is 3. The third kappa shape index (κ3) is 2.26. The first kappa shape index (κ1) is 10.8. The van der Waals surface area contributed by atoms with Crippen LogP contribution in [0.2, 0.25) is 0 Å². The van der Waals surface area contributed by atoms with Gasteiger partial charge in [-0.3, -0.25) is 0 Å². The highest BCUT2D eigenvalue weighted by atomic mass is 79.9. The molecule has 1 aliphatic rings. The van der Waals surface area contributed by atoms with Gasteiger partial charge in [0.1, 0.15) is 0 Å². The monoisotopic (exact) mass is 270 g/mol. The van der Waals surface area contributed by atoms with E-state index in [9.17, 15) is 0 Å². The van der Waals surface area contributed by atoms with Crippen molar-refractivity contribution in [1.29, 1.82) is 0 Å². The molecule has 1 aliphatic heterocycles. The van der Waals surface area contributed by atoms with Crippen molar-refractivity contribution in [3.8, 4) is 0 Å². The summed E-state index contributed by atoms with van der Waals surface area (Å²) in [5, 5.41) is 9.08. The van der Waals surface area contributed by atoms with Crippen molar-refractivity contribution in [3.05, 3.63) is 22.7 Å². The normalized spacial score (nSPS) is 20.9. The van der Waals surface area contributed by atoms with Gasteiger partial charge < -0.3 is 15.7 Å². The number of hydrogen-bond donors (Lipinski definition) is 2. The fourth-order valence-corrected chi connectivity index (χ4v) is 2.39. The first-order valence-corrected chi connectivity index (χ1v) is 5.91. The second-order valence-electron chi connectivity index (χ2n) is 3.99. The number of aliphatic hydroxyl groups excluding tert-OH is 1. The van der Waals surface area contributed by atoms with E-state index < -0.39 is 0 Å². The molecule has 1 heterocycles. The minimum absolute atomic E-state index is 0.271. The van der Waals surface area contributed by atoms with Crippen LogP contribution in [0.1, 0.15) is 6.42 Å². The van der Waals surface area contributed by atoms with Crippen molar-refractivity contribution in [2.45, 2.75) is 6.42 Å². The van der Waals surface area contributed by atoms with Crippen LogP contribution < -0.4 is 10.6 Å². The molecule has 1 unspecified atom stereocenters. The average Bonchev–Trinajstić information content (AvgIpc) is 2.66. The number of aliphatic hydroxyl groups is 1. The molecule has 0 aromatic heterocycles. The van der Waals surface area contributed by atoms with E-state index >= 15 is 0 Å². The fourth-order valence-electron chi connectivity index (χ4n) is 2.01. The molecule has 1 saturated heterocycles. The Morgan fingerprint density at radius 1 is 1.53 bits per heavy atom. The summed E-state index contributed by atoms with van der Waals surface area (Å²) in [7, 11) is 0. The molecule has 1 aromatic carbocycles. The van der Waals surface area contributed by atoms with Crippen LogP contribution in [0.25, 0.3) is 0 Å². The maximum Gasteiger partial charge on any atom is 0.0600 e. The lowest BCUT2D eigenvalue weighted by molar-refractivity contribution is 0.238. The molecule has 0 aliphatic carbocycles. The van der Waals surface area contributed by atoms with E-state index in [4.69, 9.17) is 10.8 Å². The van der Waals surface area contributed by atoms with Gasteiger partial charge in [0, 0.05) is 30.1 Å². The zero-order valence-electron chi connectivity index (χ0n) is 8.49. The lowest BCUT2D eigenvalue weighted by atomic mass is 10.1. The Balaban J connectivity index is 2.17. The van der Waals surface area contributed by atoms with E-state index in [0.717, 1.165) is 35.4 Å². The molecule has 0 radical (unpaired) electrons. The van der Waals surface area contributed by atoms with E-state index in [1.807, 2.05) is 18.2 Å². The Hall–Kier alpha value is -0.740. The summed E-state index contributed by atoms with van der Waals surface area (Å²) in [4.78, 5) is 2.24. The van der Waals surface area contributed by atoms with Gasteiger partial charge in [-0.2, -0.15) is 0 Å². The quantitative estimate of drug-likeness (QED) is 0.807. The van der Waals surface area contributed by atoms with Crippen LogP contribution in [-0.4, -0.2) is 24.8 Å². The van der Waals surface area contributed by atoms with Gasteiger partial charge in [-0.25, -0.2) is 0 Å². The molecule has 1 fully saturated rings. The van der Waals surface area contributed by atoms with Gasteiger partial charge in [0.05, 0.1) is 11.4 Å². The third-order valence-corrected chi connectivity index (χ3v) is 3.37. The summed E-state index contributed by atoms with van der Waals surface area (Å²) in [5.41, 5.74) is 7.83. The molecule has 0 spiro atoms. The fraction of sp³-hybridized carbons (Fsp3) is 0.455. The first-order chi connectivity index (χ1) is 7.20. The molecule has 0 amide bonds. The summed E-state index contributed by atoms with van der Waals surface area (Å²) < 4.78 is 1.00. The van der Waals surface area contributed by atoms with Crippen molar-refractivity contribution in [1.82, 2.24) is 0 Å². The summed E-state index contributed by atoms with van der Waals surface area (Å²) >= 11 is 3.39. The van der Waals surface area contributed by atoms with Gasteiger partial charge in [0.2, 0.25) is 0 Å². The number of nitrogens with zero attached hydrogens (tertiary/aromatic N) is 1. The van der Waals surface area contributed by atoms with Gasteiger partial charge in [0.15, 0.2) is 0 Å². The number of halogens is 1. The Labute approximate surface area is 98.0 Å². The lowest BCUT2D eigenvalue weighted by Gasteiger charge is -2.20. The van der Waals surface area contributed by atoms with Gasteiger partial charge in [0.25, 0.3) is 0 Å². The van der Waals surface area contributed by atoms with E-state index in [1.54, 1.807) is 0 Å². The SMILES string of the molecule is Nc1cc(Br)ccc1N1CCC(CO)C1. The van der Waals surface area contributed by atoms with Gasteiger partial charge in [-0.15, -0.1) is 0 Å². The summed E-state index contributed by atoms with van der Waals surface area (Å²) in [6, 6.07) is 5.94. The van der Waals surface area contributed by atoms with E-state index in [2.05, 4.69) is 20.8 Å². The van der Waals surface area contributed by atoms with E-state index in [1.165, 1.54) is 0 Å². The van der Waals surface area contributed by atoms with Crippen LogP contribution in [0.15, 0.2) is 22.7 Å². The summed E-state index contributed by atoms with van der Waals surface area (Å²) in [6.45, 7) is 2.16. The van der Waals surface area contributed by atoms with Gasteiger partial charge in [-0.05, 0) is 24.6 Å². The van der Waals surface area contributed by atoms with Gasteiger partial charge in [-0.1, -0.05) is 15.9 Å². The number of anilines is 2. The first-order valence-electron chi connectivity index (χ1n) is 5.11. The Bertz CT molecular complexity index is 356. The molecule has 0 saturated carbocycles. The summed E-state index contributed by atoms with van der Waals surface area (Å²) in [5.74, 6) is 0.396. The molecule has 3 nitrogen and oxygen atoms in total. The molecule has 2 rings (SSSR count). The molecule has 0 bridgehead atoms. The highest BCUT2D eigenvalue weighted by Gasteiger charge is 2.22. The van der Waals surface area contributed by atoms with Crippen LogP contribution in [-0.2, 0) is 0 Å². The molecule has 3 N–H and O–H groups in total. The van der Waals surface area contributed by atoms with Crippen LogP contribution >= 0.6 is 15.9 Å². The van der Waals surface area contributed by atoms with Crippen LogP contribution in [0.5, 0.6) is 0 Å². The lowest BCUT2D eigenvalue weighted by Crippen LogP contribution is -2.21. The summed E-state index contributed by atoms with van der Waals surface area (Å²) in [6.07, 6.45) is 1.05. The van der Waals surface area contributed by atoms with E-state index in [0.29, 0.717) is 5.92 Å². The van der Waals surface area contributed by atoms with Crippen LogP contribution in [0, 0.1) is 5.92 Å². The number of rotatable bonds is 2. The average molecular weight is 271 g/mol. The second kappa shape index (κ2) is 4.41. The molecular weight excluding hydrogens is 256 g/mol. The highest BCUT2D eigenvalue weighted by Crippen LogP contribution is 2.30. The third-order valence-electron chi connectivity index (χ3n) is 2.87. The van der Waals surface area contributed by atoms with E-state index in [-0.39, 0.29) is 6.61 Å². The smallest absolute Gasteiger partial charge is 0.0600 e. The highest BCUT2D eigenvalue weighted by molar-refractivity contribution is 9.10. The minimum atomic E-state index is 0.271. The van der Waals surface area contributed by atoms with Gasteiger partial charge >= 0.3 is 0 Å². The predicted octanol–water partition coefficient (Wildman–Crippen LogP) is 1.85. The Morgan fingerprint density at radius 3 is 2.93 bits per heavy atom. The van der Waals surface area contributed by atoms with Crippen molar-refractivity contribution >= 4 is 27.3 Å². The number of benzene rings is 1. The zero-order chi connectivity index (χ0) is 10.8. The Morgan fingerprint density at radius 2 is 2.33 bits per heavy atom. The molecule has 1 aromatic rings.